The maximum absolute atomic E-state index is 14.3. The van der Waals surface area contributed by atoms with Gasteiger partial charge in [-0.3, -0.25) is 13.9 Å². The van der Waals surface area contributed by atoms with Crippen LogP contribution in [0.1, 0.15) is 16.7 Å². The minimum atomic E-state index is -4.12. The summed E-state index contributed by atoms with van der Waals surface area (Å²) in [5, 5.41) is 2.70. The van der Waals surface area contributed by atoms with E-state index in [1.54, 1.807) is 42.5 Å². The fraction of sp³-hybridized carbons (Fsp3) is 0.188. The lowest BCUT2D eigenvalue weighted by Crippen LogP contribution is -2.53. The lowest BCUT2D eigenvalue weighted by molar-refractivity contribution is -0.139. The number of carbonyl (C=O) groups excluding carboxylic acids is 2. The number of nitrogens with zero attached hydrogens (tertiary/aromatic N) is 2. The molecule has 0 radical (unpaired) electrons. The second-order valence-corrected chi connectivity index (χ2v) is 12.4. The highest BCUT2D eigenvalue weighted by molar-refractivity contribution is 9.10. The van der Waals surface area contributed by atoms with Crippen molar-refractivity contribution in [2.24, 2.45) is 0 Å². The molecule has 0 heterocycles. The maximum Gasteiger partial charge on any atom is 0.264 e. The number of rotatable bonds is 11. The summed E-state index contributed by atoms with van der Waals surface area (Å²) in [5.41, 5.74) is 3.05. The van der Waals surface area contributed by atoms with Crippen LogP contribution >= 0.6 is 15.9 Å². The Morgan fingerprint density at radius 2 is 1.46 bits per heavy atom. The van der Waals surface area contributed by atoms with Gasteiger partial charge in [-0.25, -0.2) is 8.42 Å². The Morgan fingerprint density at radius 1 is 0.829 bits per heavy atom. The molecule has 0 aliphatic heterocycles. The Hall–Kier alpha value is -3.95. The van der Waals surface area contributed by atoms with Crippen LogP contribution in [-0.2, 0) is 32.6 Å². The predicted octanol–water partition coefficient (Wildman–Crippen LogP) is 5.34. The zero-order valence-corrected chi connectivity index (χ0v) is 25.3. The molecule has 212 valence electrons. The summed E-state index contributed by atoms with van der Waals surface area (Å²) in [6, 6.07) is 31.1. The molecule has 1 N–H and O–H groups in total. The van der Waals surface area contributed by atoms with E-state index in [2.05, 4.69) is 21.2 Å². The van der Waals surface area contributed by atoms with E-state index in [4.69, 9.17) is 0 Å². The highest BCUT2D eigenvalue weighted by atomic mass is 79.9. The van der Waals surface area contributed by atoms with Crippen molar-refractivity contribution in [2.75, 3.05) is 17.9 Å². The van der Waals surface area contributed by atoms with Gasteiger partial charge in [0.25, 0.3) is 10.0 Å². The zero-order chi connectivity index (χ0) is 29.4. The zero-order valence-electron chi connectivity index (χ0n) is 22.9. The molecule has 1 atom stereocenters. The van der Waals surface area contributed by atoms with Crippen LogP contribution < -0.4 is 9.62 Å². The van der Waals surface area contributed by atoms with Crippen molar-refractivity contribution in [3.63, 3.8) is 0 Å². The highest BCUT2D eigenvalue weighted by Crippen LogP contribution is 2.27. The topological polar surface area (TPSA) is 86.8 Å². The molecule has 0 saturated heterocycles. The maximum atomic E-state index is 14.3. The Morgan fingerprint density at radius 3 is 2.10 bits per heavy atom. The van der Waals surface area contributed by atoms with Crippen molar-refractivity contribution in [3.8, 4) is 0 Å². The van der Waals surface area contributed by atoms with E-state index < -0.39 is 28.5 Å². The number of anilines is 1. The third kappa shape index (κ3) is 7.62. The molecule has 0 aliphatic rings. The summed E-state index contributed by atoms with van der Waals surface area (Å²) in [6.07, 6.45) is 0.264. The molecule has 0 fully saturated rings. The van der Waals surface area contributed by atoms with Crippen molar-refractivity contribution in [2.45, 2.75) is 30.8 Å². The van der Waals surface area contributed by atoms with Crippen molar-refractivity contribution in [1.29, 1.82) is 0 Å². The monoisotopic (exact) mass is 633 g/mol. The molecule has 2 amide bonds. The quantitative estimate of drug-likeness (QED) is 0.242. The summed E-state index contributed by atoms with van der Waals surface area (Å²) in [6.45, 7) is 1.59. The molecule has 9 heteroatoms. The second kappa shape index (κ2) is 13.6. The van der Waals surface area contributed by atoms with Gasteiger partial charge in [0.15, 0.2) is 0 Å². The van der Waals surface area contributed by atoms with Crippen LogP contribution in [0.4, 0.5) is 5.69 Å². The number of halogens is 1. The number of nitrogens with one attached hydrogen (secondary N) is 1. The van der Waals surface area contributed by atoms with E-state index in [0.29, 0.717) is 10.2 Å². The molecule has 4 rings (SSSR count). The Kier molecular flexibility index (Phi) is 9.96. The smallest absolute Gasteiger partial charge is 0.264 e. The van der Waals surface area contributed by atoms with Crippen LogP contribution in [-0.4, -0.2) is 44.8 Å². The van der Waals surface area contributed by atoms with E-state index in [-0.39, 0.29) is 23.8 Å². The van der Waals surface area contributed by atoms with Crippen molar-refractivity contribution in [1.82, 2.24) is 10.2 Å². The number of aryl methyl sites for hydroxylation is 1. The number of sulfonamides is 1. The number of hydrogen-bond donors (Lipinski definition) is 1. The summed E-state index contributed by atoms with van der Waals surface area (Å²) in [4.78, 5) is 29.1. The molecule has 0 aromatic heterocycles. The minimum Gasteiger partial charge on any atom is -0.357 e. The van der Waals surface area contributed by atoms with Gasteiger partial charge in [-0.15, -0.1) is 0 Å². The van der Waals surface area contributed by atoms with Crippen LogP contribution in [0.25, 0.3) is 0 Å². The number of carbonyl (C=O) groups is 2. The summed E-state index contributed by atoms with van der Waals surface area (Å²) in [7, 11) is -2.59. The van der Waals surface area contributed by atoms with Gasteiger partial charge in [-0.2, -0.15) is 0 Å². The third-order valence-corrected chi connectivity index (χ3v) is 8.94. The van der Waals surface area contributed by atoms with Gasteiger partial charge < -0.3 is 10.2 Å². The average Bonchev–Trinajstić information content (AvgIpc) is 2.98. The van der Waals surface area contributed by atoms with Crippen molar-refractivity contribution >= 4 is 43.5 Å². The molecule has 7 nitrogen and oxygen atoms in total. The standard InChI is InChI=1S/C32H32BrN3O4S/c1-24-11-9-14-26(19-24)22-35(30(32(38)34-2)20-25-12-5-3-6-13-25)31(37)23-36(28-16-10-15-27(33)21-28)41(39,40)29-17-7-4-8-18-29/h3-19,21,30H,20,22-23H2,1-2H3,(H,34,38). The van der Waals surface area contributed by atoms with Crippen LogP contribution in [0, 0.1) is 6.92 Å². The number of hydrogen-bond acceptors (Lipinski definition) is 4. The van der Waals surface area contributed by atoms with Crippen molar-refractivity contribution < 1.29 is 18.0 Å². The van der Waals surface area contributed by atoms with E-state index >= 15 is 0 Å². The third-order valence-electron chi connectivity index (χ3n) is 6.66. The molecular formula is C32H32BrN3O4S. The van der Waals surface area contributed by atoms with Gasteiger partial charge in [-0.05, 0) is 48.4 Å². The van der Waals surface area contributed by atoms with E-state index in [1.165, 1.54) is 24.1 Å². The molecule has 4 aromatic rings. The van der Waals surface area contributed by atoms with Crippen LogP contribution in [0.2, 0.25) is 0 Å². The fourth-order valence-corrected chi connectivity index (χ4v) is 6.42. The SMILES string of the molecule is CNC(=O)C(Cc1ccccc1)N(Cc1cccc(C)c1)C(=O)CN(c1cccc(Br)c1)S(=O)(=O)c1ccccc1. The molecule has 0 bridgehead atoms. The number of benzene rings is 4. The van der Waals surface area contributed by atoms with Gasteiger partial charge in [0.05, 0.1) is 10.6 Å². The van der Waals surface area contributed by atoms with E-state index in [0.717, 1.165) is 21.0 Å². The summed E-state index contributed by atoms with van der Waals surface area (Å²) >= 11 is 3.42. The number of amides is 2. The first-order chi connectivity index (χ1) is 19.7. The summed E-state index contributed by atoms with van der Waals surface area (Å²) in [5.74, 6) is -0.842. The van der Waals surface area contributed by atoms with E-state index in [9.17, 15) is 18.0 Å². The second-order valence-electron chi connectivity index (χ2n) is 9.64. The van der Waals surface area contributed by atoms with Gasteiger partial charge in [0.2, 0.25) is 11.8 Å². The predicted molar refractivity (Wildman–Crippen MR) is 165 cm³/mol. The average molecular weight is 635 g/mol. The Bertz CT molecular complexity index is 1600. The van der Waals surface area contributed by atoms with Crippen LogP contribution in [0.5, 0.6) is 0 Å². The van der Waals surface area contributed by atoms with E-state index in [1.807, 2.05) is 61.5 Å². The van der Waals surface area contributed by atoms with Crippen LogP contribution in [0.3, 0.4) is 0 Å². The normalized spacial score (nSPS) is 11.9. The largest absolute Gasteiger partial charge is 0.357 e. The Balaban J connectivity index is 1.78. The van der Waals surface area contributed by atoms with Gasteiger partial charge in [0, 0.05) is 24.5 Å². The molecule has 1 unspecified atom stereocenters. The molecular weight excluding hydrogens is 602 g/mol. The fourth-order valence-electron chi connectivity index (χ4n) is 4.61. The molecule has 0 aliphatic carbocycles. The van der Waals surface area contributed by atoms with Crippen molar-refractivity contribution in [3.05, 3.63) is 130 Å². The Labute approximate surface area is 250 Å². The van der Waals surface area contributed by atoms with Crippen LogP contribution in [0.15, 0.2) is 119 Å². The number of likely N-dealkylation sites (N-methyl/N-ethyl adjacent to an activating group) is 1. The van der Waals surface area contributed by atoms with Gasteiger partial charge in [-0.1, -0.05) is 100 Å². The molecule has 41 heavy (non-hydrogen) atoms. The lowest BCUT2D eigenvalue weighted by atomic mass is 10.0. The highest BCUT2D eigenvalue weighted by Gasteiger charge is 2.34. The molecule has 0 saturated carbocycles. The molecule has 0 spiro atoms. The first-order valence-corrected chi connectivity index (χ1v) is 15.4. The van der Waals surface area contributed by atoms with Gasteiger partial charge in [0.1, 0.15) is 12.6 Å². The summed E-state index contributed by atoms with van der Waals surface area (Å²) < 4.78 is 29.6. The first-order valence-electron chi connectivity index (χ1n) is 13.1. The minimum absolute atomic E-state index is 0.0603. The first kappa shape index (κ1) is 30.0. The lowest BCUT2D eigenvalue weighted by Gasteiger charge is -2.33. The van der Waals surface area contributed by atoms with Gasteiger partial charge >= 0.3 is 0 Å². The molecule has 4 aromatic carbocycles.